The standard InChI is InChI=1S/C27H43N3O3Si/c1-18(2)34(19(3)4,20(5)6)30-16-13-23-24(30)17-22(25(28-23)32-10)21-11-14-29(15-12-21)26(31)33-27(7,8)9/h11,13,16-20H,12,14-15H2,1-10H3. The molecule has 2 aromatic rings. The third-order valence-corrected chi connectivity index (χ3v) is 14.0. The zero-order valence-corrected chi connectivity index (χ0v) is 23.7. The molecule has 6 nitrogen and oxygen atoms in total. The highest BCUT2D eigenvalue weighted by atomic mass is 28.3. The highest BCUT2D eigenvalue weighted by molar-refractivity contribution is 6.82. The average molecular weight is 486 g/mol. The van der Waals surface area contributed by atoms with Gasteiger partial charge in [-0.05, 0) is 67.7 Å². The van der Waals surface area contributed by atoms with Gasteiger partial charge >= 0.3 is 6.09 Å². The number of hydrogen-bond donors (Lipinski definition) is 0. The smallest absolute Gasteiger partial charge is 0.410 e. The minimum absolute atomic E-state index is 0.265. The normalized spacial score (nSPS) is 15.4. The van der Waals surface area contributed by atoms with E-state index >= 15 is 0 Å². The predicted octanol–water partition coefficient (Wildman–Crippen LogP) is 7.09. The van der Waals surface area contributed by atoms with E-state index in [0.717, 1.165) is 17.5 Å². The van der Waals surface area contributed by atoms with Gasteiger partial charge in [-0.3, -0.25) is 0 Å². The molecule has 0 radical (unpaired) electrons. The fourth-order valence-corrected chi connectivity index (χ4v) is 12.6. The van der Waals surface area contributed by atoms with Crippen LogP contribution in [-0.4, -0.2) is 54.2 Å². The Morgan fingerprint density at radius 2 is 1.71 bits per heavy atom. The molecule has 0 atom stereocenters. The summed E-state index contributed by atoms with van der Waals surface area (Å²) in [5, 5.41) is 0. The van der Waals surface area contributed by atoms with Crippen molar-refractivity contribution in [2.45, 2.75) is 91.0 Å². The molecule has 0 bridgehead atoms. The fourth-order valence-electron chi connectivity index (χ4n) is 6.00. The first-order chi connectivity index (χ1) is 15.8. The van der Waals surface area contributed by atoms with Crippen LogP contribution in [0, 0.1) is 0 Å². The first kappa shape index (κ1) is 26.3. The maximum Gasteiger partial charge on any atom is 0.410 e. The van der Waals surface area contributed by atoms with Crippen LogP contribution in [0.5, 0.6) is 5.88 Å². The Morgan fingerprint density at radius 1 is 1.09 bits per heavy atom. The van der Waals surface area contributed by atoms with Crippen LogP contribution in [0.25, 0.3) is 16.6 Å². The van der Waals surface area contributed by atoms with Crippen molar-refractivity contribution in [1.82, 2.24) is 14.1 Å². The highest BCUT2D eigenvalue weighted by Gasteiger charge is 2.45. The van der Waals surface area contributed by atoms with Gasteiger partial charge in [0, 0.05) is 18.7 Å². The summed E-state index contributed by atoms with van der Waals surface area (Å²) in [5.41, 5.74) is 5.63. The van der Waals surface area contributed by atoms with Crippen molar-refractivity contribution in [1.29, 1.82) is 0 Å². The minimum atomic E-state index is -1.92. The predicted molar refractivity (Wildman–Crippen MR) is 143 cm³/mol. The summed E-state index contributed by atoms with van der Waals surface area (Å²) in [6, 6.07) is 4.40. The lowest BCUT2D eigenvalue weighted by Gasteiger charge is -2.44. The second-order valence-electron chi connectivity index (χ2n) is 11.4. The Balaban J connectivity index is 2.06. The average Bonchev–Trinajstić information content (AvgIpc) is 3.14. The number of hydrogen-bond acceptors (Lipinski definition) is 4. The fraction of sp³-hybridized carbons (Fsp3) is 0.630. The van der Waals surface area contributed by atoms with Gasteiger partial charge in [0.05, 0.1) is 18.1 Å². The van der Waals surface area contributed by atoms with Crippen LogP contribution in [0.2, 0.25) is 16.6 Å². The molecule has 1 aliphatic heterocycles. The van der Waals surface area contributed by atoms with Gasteiger partial charge in [-0.2, -0.15) is 0 Å². The number of methoxy groups -OCH3 is 1. The van der Waals surface area contributed by atoms with Gasteiger partial charge in [0.15, 0.2) is 8.24 Å². The quantitative estimate of drug-likeness (QED) is 0.410. The van der Waals surface area contributed by atoms with Crippen LogP contribution >= 0.6 is 0 Å². The number of rotatable bonds is 6. The van der Waals surface area contributed by atoms with Crippen LogP contribution in [0.4, 0.5) is 4.79 Å². The number of carbonyl (C=O) groups excluding carboxylic acids is 1. The van der Waals surface area contributed by atoms with E-state index in [9.17, 15) is 4.79 Å². The molecule has 188 valence electrons. The van der Waals surface area contributed by atoms with Gasteiger partial charge in [-0.25, -0.2) is 9.78 Å². The minimum Gasteiger partial charge on any atom is -0.481 e. The molecule has 0 saturated carbocycles. The number of carbonyl (C=O) groups is 1. The van der Waals surface area contributed by atoms with E-state index in [1.54, 1.807) is 12.0 Å². The summed E-state index contributed by atoms with van der Waals surface area (Å²) in [6.07, 6.45) is 4.85. The largest absolute Gasteiger partial charge is 0.481 e. The lowest BCUT2D eigenvalue weighted by atomic mass is 10.00. The van der Waals surface area contributed by atoms with E-state index in [2.05, 4.69) is 70.2 Å². The van der Waals surface area contributed by atoms with Crippen LogP contribution in [0.3, 0.4) is 0 Å². The second-order valence-corrected chi connectivity index (χ2v) is 17.1. The molecule has 0 unspecified atom stereocenters. The molecule has 0 aliphatic carbocycles. The molecule has 2 aromatic heterocycles. The van der Waals surface area contributed by atoms with Crippen molar-refractivity contribution in [3.63, 3.8) is 0 Å². The molecular weight excluding hydrogens is 442 g/mol. The van der Waals surface area contributed by atoms with Gasteiger partial charge in [0.1, 0.15) is 5.60 Å². The summed E-state index contributed by atoms with van der Waals surface area (Å²) in [6.45, 7) is 21.1. The molecule has 1 amide bonds. The van der Waals surface area contributed by atoms with E-state index < -0.39 is 13.8 Å². The van der Waals surface area contributed by atoms with E-state index in [4.69, 9.17) is 14.5 Å². The lowest BCUT2D eigenvalue weighted by Crippen LogP contribution is -2.51. The van der Waals surface area contributed by atoms with Gasteiger partial charge in [0.2, 0.25) is 5.88 Å². The van der Waals surface area contributed by atoms with Crippen molar-refractivity contribution in [2.24, 2.45) is 0 Å². The second kappa shape index (κ2) is 9.76. The SMILES string of the molecule is COc1nc2ccn([Si](C(C)C)(C(C)C)C(C)C)c2cc1C1=CCN(C(=O)OC(C)(C)C)CC1. The first-order valence-corrected chi connectivity index (χ1v) is 14.7. The van der Waals surface area contributed by atoms with Gasteiger partial charge in [0.25, 0.3) is 0 Å². The molecule has 1 aliphatic rings. The number of nitrogens with zero attached hydrogens (tertiary/aromatic N) is 3. The Bertz CT molecular complexity index is 1040. The number of fused-ring (bicyclic) bond motifs is 1. The molecular formula is C27H43N3O3Si. The van der Waals surface area contributed by atoms with Crippen LogP contribution < -0.4 is 4.74 Å². The molecule has 7 heteroatoms. The number of amides is 1. The summed E-state index contributed by atoms with van der Waals surface area (Å²) in [7, 11) is -0.237. The summed E-state index contributed by atoms with van der Waals surface area (Å²) in [4.78, 5) is 19.2. The van der Waals surface area contributed by atoms with Crippen molar-refractivity contribution < 1.29 is 14.3 Å². The van der Waals surface area contributed by atoms with Crippen molar-refractivity contribution in [2.75, 3.05) is 20.2 Å². The number of aromatic nitrogens is 2. The Morgan fingerprint density at radius 3 is 2.18 bits per heavy atom. The zero-order valence-electron chi connectivity index (χ0n) is 22.7. The van der Waals surface area contributed by atoms with Crippen LogP contribution in [0.15, 0.2) is 24.4 Å². The van der Waals surface area contributed by atoms with Gasteiger partial charge < -0.3 is 18.6 Å². The first-order valence-electron chi connectivity index (χ1n) is 12.6. The summed E-state index contributed by atoms with van der Waals surface area (Å²) in [5.74, 6) is 0.646. The van der Waals surface area contributed by atoms with Gasteiger partial charge in [-0.15, -0.1) is 0 Å². The zero-order chi connectivity index (χ0) is 25.4. The third-order valence-electron chi connectivity index (χ3n) is 7.23. The van der Waals surface area contributed by atoms with E-state index in [-0.39, 0.29) is 6.09 Å². The van der Waals surface area contributed by atoms with E-state index in [1.165, 1.54) is 11.1 Å². The molecule has 34 heavy (non-hydrogen) atoms. The van der Waals surface area contributed by atoms with Gasteiger partial charge in [-0.1, -0.05) is 47.6 Å². The monoisotopic (exact) mass is 485 g/mol. The molecule has 0 spiro atoms. The summed E-state index contributed by atoms with van der Waals surface area (Å²) < 4.78 is 13.9. The Labute approximate surface area is 206 Å². The number of pyridine rings is 1. The molecule has 0 saturated heterocycles. The molecule has 3 rings (SSSR count). The van der Waals surface area contributed by atoms with E-state index in [1.807, 2.05) is 20.8 Å². The van der Waals surface area contributed by atoms with Crippen molar-refractivity contribution >= 4 is 30.9 Å². The van der Waals surface area contributed by atoms with Crippen LogP contribution in [0.1, 0.15) is 74.3 Å². The van der Waals surface area contributed by atoms with Crippen molar-refractivity contribution in [3.05, 3.63) is 30.0 Å². The maximum absolute atomic E-state index is 12.5. The van der Waals surface area contributed by atoms with E-state index in [0.29, 0.717) is 35.6 Å². The Hall–Kier alpha value is -2.28. The molecule has 0 aromatic carbocycles. The maximum atomic E-state index is 12.5. The lowest BCUT2D eigenvalue weighted by molar-refractivity contribution is 0.0270. The highest BCUT2D eigenvalue weighted by Crippen LogP contribution is 2.45. The summed E-state index contributed by atoms with van der Waals surface area (Å²) >= 11 is 0. The molecule has 0 N–H and O–H groups in total. The third kappa shape index (κ3) is 4.76. The van der Waals surface area contributed by atoms with Crippen LogP contribution in [-0.2, 0) is 4.74 Å². The Kier molecular flexibility index (Phi) is 7.56. The molecule has 3 heterocycles. The number of ether oxygens (including phenoxy) is 2. The topological polar surface area (TPSA) is 56.6 Å². The van der Waals surface area contributed by atoms with Crippen molar-refractivity contribution in [3.8, 4) is 5.88 Å². The molecule has 0 fully saturated rings.